The summed E-state index contributed by atoms with van der Waals surface area (Å²) in [6.07, 6.45) is 0. The van der Waals surface area contributed by atoms with Gasteiger partial charge in [0.25, 0.3) is 0 Å². The maximum Gasteiger partial charge on any atom is 0.221 e. The van der Waals surface area contributed by atoms with Gasteiger partial charge in [0.15, 0.2) is 0 Å². The molecule has 112 valence electrons. The highest BCUT2D eigenvalue weighted by Crippen LogP contribution is 2.29. The van der Waals surface area contributed by atoms with Crippen LogP contribution in [0.3, 0.4) is 0 Å². The van der Waals surface area contributed by atoms with Crippen molar-refractivity contribution in [2.75, 3.05) is 5.32 Å². The van der Waals surface area contributed by atoms with Crippen molar-refractivity contribution in [2.24, 2.45) is 0 Å². The minimum atomic E-state index is -0.0265. The molecular weight excluding hydrogens is 260 g/mol. The second-order valence-corrected chi connectivity index (χ2v) is 6.57. The lowest BCUT2D eigenvalue weighted by Gasteiger charge is -2.21. The quantitative estimate of drug-likeness (QED) is 0.860. The maximum absolute atomic E-state index is 6.00. The molecule has 0 bridgehead atoms. The Bertz CT molecular complexity index is 619. The van der Waals surface area contributed by atoms with Crippen LogP contribution < -0.4 is 10.1 Å². The van der Waals surface area contributed by atoms with Crippen molar-refractivity contribution in [1.29, 1.82) is 0 Å². The van der Waals surface area contributed by atoms with E-state index >= 15 is 0 Å². The Morgan fingerprint density at radius 2 is 1.62 bits per heavy atom. The Balaban J connectivity index is 2.27. The van der Waals surface area contributed by atoms with Gasteiger partial charge >= 0.3 is 0 Å². The van der Waals surface area contributed by atoms with Crippen molar-refractivity contribution in [3.63, 3.8) is 0 Å². The molecule has 0 saturated heterocycles. The first kappa shape index (κ1) is 15.4. The summed E-state index contributed by atoms with van der Waals surface area (Å²) in [6.45, 7) is 12.5. The summed E-state index contributed by atoms with van der Waals surface area (Å²) in [5.74, 6) is 2.32. The van der Waals surface area contributed by atoms with Crippen LogP contribution in [0.2, 0.25) is 0 Å². The molecule has 0 unspecified atom stereocenters. The average molecular weight is 284 g/mol. The topological polar surface area (TPSA) is 34.1 Å². The summed E-state index contributed by atoms with van der Waals surface area (Å²) >= 11 is 0. The van der Waals surface area contributed by atoms with Crippen molar-refractivity contribution in [3.05, 3.63) is 47.0 Å². The molecule has 0 radical (unpaired) electrons. The Morgan fingerprint density at radius 1 is 1.00 bits per heavy atom. The van der Waals surface area contributed by atoms with Gasteiger partial charge in [0.1, 0.15) is 11.6 Å². The van der Waals surface area contributed by atoms with Gasteiger partial charge in [0.2, 0.25) is 5.88 Å². The fourth-order valence-corrected chi connectivity index (χ4v) is 2.36. The van der Waals surface area contributed by atoms with Crippen LogP contribution in [0.5, 0.6) is 11.6 Å². The largest absolute Gasteiger partial charge is 0.438 e. The number of nitrogens with one attached hydrogen (secondary N) is 1. The van der Waals surface area contributed by atoms with Gasteiger partial charge in [0.05, 0.1) is 0 Å². The lowest BCUT2D eigenvalue weighted by atomic mass is 10.1. The van der Waals surface area contributed by atoms with Crippen LogP contribution in [0.1, 0.15) is 37.5 Å². The number of ether oxygens (including phenoxy) is 1. The van der Waals surface area contributed by atoms with Crippen molar-refractivity contribution < 1.29 is 4.74 Å². The van der Waals surface area contributed by atoms with E-state index < -0.39 is 0 Å². The number of aromatic nitrogens is 1. The molecule has 1 aromatic heterocycles. The number of benzene rings is 1. The van der Waals surface area contributed by atoms with Crippen LogP contribution in [0.25, 0.3) is 0 Å². The molecule has 0 spiro atoms. The molecule has 3 nitrogen and oxygen atoms in total. The highest BCUT2D eigenvalue weighted by molar-refractivity contribution is 5.46. The standard InChI is InChI=1S/C18H24N2O/c1-12-10-13(2)17(14(3)11-12)21-16-9-7-8-15(19-16)20-18(4,5)6/h7-11H,1-6H3,(H,19,20). The van der Waals surface area contributed by atoms with E-state index in [9.17, 15) is 0 Å². The third kappa shape index (κ3) is 4.22. The molecule has 2 rings (SSSR count). The molecule has 21 heavy (non-hydrogen) atoms. The minimum absolute atomic E-state index is 0.0265. The SMILES string of the molecule is Cc1cc(C)c(Oc2cccc(NC(C)(C)C)n2)c(C)c1. The molecule has 3 heteroatoms. The molecule has 0 atom stereocenters. The predicted octanol–water partition coefficient (Wildman–Crippen LogP) is 5.01. The third-order valence-corrected chi connectivity index (χ3v) is 3.04. The van der Waals surface area contributed by atoms with E-state index in [4.69, 9.17) is 4.74 Å². The zero-order chi connectivity index (χ0) is 15.6. The molecule has 0 aliphatic rings. The number of hydrogen-bond acceptors (Lipinski definition) is 3. The summed E-state index contributed by atoms with van der Waals surface area (Å²) in [5, 5.41) is 3.35. The van der Waals surface area contributed by atoms with Gasteiger partial charge < -0.3 is 10.1 Å². The Labute approximate surface area is 127 Å². The van der Waals surface area contributed by atoms with Gasteiger partial charge in [-0.1, -0.05) is 23.8 Å². The van der Waals surface area contributed by atoms with E-state index in [2.05, 4.69) is 64.0 Å². The second-order valence-electron chi connectivity index (χ2n) is 6.57. The summed E-state index contributed by atoms with van der Waals surface area (Å²) < 4.78 is 6.00. The van der Waals surface area contributed by atoms with Crippen LogP contribution >= 0.6 is 0 Å². The number of hydrogen-bond donors (Lipinski definition) is 1. The summed E-state index contributed by atoms with van der Waals surface area (Å²) in [7, 11) is 0. The third-order valence-electron chi connectivity index (χ3n) is 3.04. The minimum Gasteiger partial charge on any atom is -0.438 e. The number of nitrogens with zero attached hydrogens (tertiary/aromatic N) is 1. The van der Waals surface area contributed by atoms with E-state index in [1.807, 2.05) is 18.2 Å². The van der Waals surface area contributed by atoms with Crippen LogP contribution in [-0.4, -0.2) is 10.5 Å². The number of rotatable bonds is 3. The normalized spacial score (nSPS) is 11.3. The molecule has 0 fully saturated rings. The summed E-state index contributed by atoms with van der Waals surface area (Å²) in [4.78, 5) is 4.52. The first-order valence-electron chi connectivity index (χ1n) is 7.25. The average Bonchev–Trinajstić information content (AvgIpc) is 2.32. The van der Waals surface area contributed by atoms with Gasteiger partial charge in [-0.05, 0) is 58.7 Å². The van der Waals surface area contributed by atoms with Crippen LogP contribution in [0.15, 0.2) is 30.3 Å². The Morgan fingerprint density at radius 3 is 2.19 bits per heavy atom. The van der Waals surface area contributed by atoms with E-state index in [1.165, 1.54) is 5.56 Å². The molecule has 0 saturated carbocycles. The van der Waals surface area contributed by atoms with Crippen LogP contribution in [0, 0.1) is 20.8 Å². The number of aryl methyl sites for hydroxylation is 3. The Kier molecular flexibility index (Phi) is 4.21. The first-order chi connectivity index (χ1) is 9.74. The zero-order valence-corrected chi connectivity index (χ0v) is 13.7. The molecule has 0 aliphatic carbocycles. The summed E-state index contributed by atoms with van der Waals surface area (Å²) in [5.41, 5.74) is 3.47. The molecule has 0 amide bonds. The zero-order valence-electron chi connectivity index (χ0n) is 13.7. The van der Waals surface area contributed by atoms with Crippen LogP contribution in [-0.2, 0) is 0 Å². The second kappa shape index (κ2) is 5.76. The van der Waals surface area contributed by atoms with Crippen molar-refractivity contribution in [2.45, 2.75) is 47.1 Å². The number of anilines is 1. The highest BCUT2D eigenvalue weighted by atomic mass is 16.5. The predicted molar refractivity (Wildman–Crippen MR) is 88.3 cm³/mol. The van der Waals surface area contributed by atoms with Gasteiger partial charge in [-0.25, -0.2) is 0 Å². The van der Waals surface area contributed by atoms with E-state index in [0.717, 1.165) is 22.7 Å². The monoisotopic (exact) mass is 284 g/mol. The van der Waals surface area contributed by atoms with E-state index in [-0.39, 0.29) is 5.54 Å². The van der Waals surface area contributed by atoms with E-state index in [1.54, 1.807) is 0 Å². The van der Waals surface area contributed by atoms with Crippen molar-refractivity contribution >= 4 is 5.82 Å². The molecule has 2 aromatic rings. The smallest absolute Gasteiger partial charge is 0.221 e. The van der Waals surface area contributed by atoms with Gasteiger partial charge in [-0.2, -0.15) is 4.98 Å². The van der Waals surface area contributed by atoms with Crippen molar-refractivity contribution in [1.82, 2.24) is 4.98 Å². The lowest BCUT2D eigenvalue weighted by molar-refractivity contribution is 0.456. The fraction of sp³-hybridized carbons (Fsp3) is 0.389. The van der Waals surface area contributed by atoms with Gasteiger partial charge in [-0.15, -0.1) is 0 Å². The highest BCUT2D eigenvalue weighted by Gasteiger charge is 2.12. The van der Waals surface area contributed by atoms with Gasteiger partial charge in [0, 0.05) is 11.6 Å². The van der Waals surface area contributed by atoms with Gasteiger partial charge in [-0.3, -0.25) is 0 Å². The molecule has 1 aromatic carbocycles. The molecule has 1 heterocycles. The summed E-state index contributed by atoms with van der Waals surface area (Å²) in [6, 6.07) is 10.0. The molecular formula is C18H24N2O. The van der Waals surface area contributed by atoms with E-state index in [0.29, 0.717) is 5.88 Å². The maximum atomic E-state index is 6.00. The molecule has 0 aliphatic heterocycles. The fourth-order valence-electron chi connectivity index (χ4n) is 2.36. The lowest BCUT2D eigenvalue weighted by Crippen LogP contribution is -2.26. The Hall–Kier alpha value is -2.03. The van der Waals surface area contributed by atoms with Crippen molar-refractivity contribution in [3.8, 4) is 11.6 Å². The number of pyridine rings is 1. The molecule has 1 N–H and O–H groups in total. The van der Waals surface area contributed by atoms with Crippen LogP contribution in [0.4, 0.5) is 5.82 Å². The first-order valence-corrected chi connectivity index (χ1v) is 7.25.